The number of fused-ring (bicyclic) bond motifs is 2. The molecule has 7 nitrogen and oxygen atoms in total. The molecule has 0 saturated carbocycles. The number of carbonyl (C=O) groups is 1. The molecule has 164 valence electrons. The summed E-state index contributed by atoms with van der Waals surface area (Å²) < 4.78 is 33.7. The molecule has 0 aliphatic heterocycles. The summed E-state index contributed by atoms with van der Waals surface area (Å²) in [5.74, 6) is 0.228. The molecule has 1 aromatic heterocycles. The van der Waals surface area contributed by atoms with E-state index < -0.39 is 10.0 Å². The number of aromatic nitrogens is 2. The average molecular weight is 442 g/mol. The summed E-state index contributed by atoms with van der Waals surface area (Å²) in [4.78, 5) is 17.4. The zero-order chi connectivity index (χ0) is 22.2. The molecule has 1 aliphatic carbocycles. The molecule has 0 bridgehead atoms. The van der Waals surface area contributed by atoms with Crippen LogP contribution in [0.25, 0.3) is 11.0 Å². The fourth-order valence-corrected chi connectivity index (χ4v) is 4.95. The Morgan fingerprint density at radius 3 is 2.65 bits per heavy atom. The number of carbonyl (C=O) groups excluding carboxylic acids is 1. The predicted molar refractivity (Wildman–Crippen MR) is 118 cm³/mol. The van der Waals surface area contributed by atoms with Gasteiger partial charge in [0.05, 0.1) is 21.5 Å². The summed E-state index contributed by atoms with van der Waals surface area (Å²) in [5, 5.41) is 0. The number of hydrogen-bond donors (Lipinski definition) is 0. The minimum atomic E-state index is -3.55. The first-order valence-corrected chi connectivity index (χ1v) is 12.0. The molecule has 1 heterocycles. The number of aryl methyl sites for hydroxylation is 3. The van der Waals surface area contributed by atoms with E-state index in [4.69, 9.17) is 4.74 Å². The number of nitrogens with zero attached hydrogens (tertiary/aromatic N) is 3. The second-order valence-corrected chi connectivity index (χ2v) is 10.2. The summed E-state index contributed by atoms with van der Waals surface area (Å²) >= 11 is 0. The molecule has 0 unspecified atom stereocenters. The van der Waals surface area contributed by atoms with Crippen molar-refractivity contribution in [1.29, 1.82) is 0 Å². The van der Waals surface area contributed by atoms with E-state index in [1.165, 1.54) is 29.5 Å². The van der Waals surface area contributed by atoms with Gasteiger partial charge in [0.2, 0.25) is 10.0 Å². The zero-order valence-electron chi connectivity index (χ0n) is 18.1. The van der Waals surface area contributed by atoms with Crippen LogP contribution in [0.5, 0.6) is 0 Å². The largest absolute Gasteiger partial charge is 0.454 e. The van der Waals surface area contributed by atoms with Crippen molar-refractivity contribution in [3.8, 4) is 0 Å². The van der Waals surface area contributed by atoms with E-state index in [0.717, 1.165) is 31.2 Å². The van der Waals surface area contributed by atoms with E-state index in [0.29, 0.717) is 23.4 Å². The standard InChI is InChI=1S/C23H27N3O4S/c1-4-12-26-21-11-10-19(31(28,29)25(2)3)14-20(21)24-22(26)15-30-23(27)18-9-8-16-6-5-7-17(16)13-18/h8-11,13-14H,4-7,12,15H2,1-3H3. The van der Waals surface area contributed by atoms with Crippen LogP contribution >= 0.6 is 0 Å². The molecule has 0 N–H and O–H groups in total. The van der Waals surface area contributed by atoms with Crippen LogP contribution in [0.2, 0.25) is 0 Å². The van der Waals surface area contributed by atoms with Crippen molar-refractivity contribution in [2.45, 2.75) is 50.7 Å². The van der Waals surface area contributed by atoms with Gasteiger partial charge in [0.15, 0.2) is 0 Å². The van der Waals surface area contributed by atoms with Crippen LogP contribution in [0.1, 0.15) is 47.1 Å². The molecule has 8 heteroatoms. The third-order valence-electron chi connectivity index (χ3n) is 5.69. The van der Waals surface area contributed by atoms with Gasteiger partial charge in [-0.05, 0) is 67.1 Å². The molecule has 0 fully saturated rings. The highest BCUT2D eigenvalue weighted by Crippen LogP contribution is 2.25. The molecule has 3 aromatic rings. The van der Waals surface area contributed by atoms with E-state index in [1.54, 1.807) is 18.2 Å². The van der Waals surface area contributed by atoms with Crippen LogP contribution in [0.3, 0.4) is 0 Å². The first kappa shape index (κ1) is 21.5. The minimum Gasteiger partial charge on any atom is -0.454 e. The van der Waals surface area contributed by atoms with Gasteiger partial charge in [-0.3, -0.25) is 0 Å². The van der Waals surface area contributed by atoms with Crippen LogP contribution in [0, 0.1) is 0 Å². The summed E-state index contributed by atoms with van der Waals surface area (Å²) in [6.07, 6.45) is 4.06. The molecule has 2 aromatic carbocycles. The summed E-state index contributed by atoms with van der Waals surface area (Å²) in [6, 6.07) is 10.7. The van der Waals surface area contributed by atoms with Crippen molar-refractivity contribution in [2.75, 3.05) is 14.1 Å². The van der Waals surface area contributed by atoms with Gasteiger partial charge in [-0.1, -0.05) is 13.0 Å². The Labute approximate surface area is 182 Å². The zero-order valence-corrected chi connectivity index (χ0v) is 18.9. The number of esters is 1. The molecule has 31 heavy (non-hydrogen) atoms. The highest BCUT2D eigenvalue weighted by atomic mass is 32.2. The molecular weight excluding hydrogens is 414 g/mol. The minimum absolute atomic E-state index is 0.0281. The Kier molecular flexibility index (Phi) is 5.85. The van der Waals surface area contributed by atoms with Crippen LogP contribution in [0.4, 0.5) is 0 Å². The average Bonchev–Trinajstić information content (AvgIpc) is 3.35. The van der Waals surface area contributed by atoms with Crippen molar-refractivity contribution in [1.82, 2.24) is 13.9 Å². The Hall–Kier alpha value is -2.71. The van der Waals surface area contributed by atoms with Crippen LogP contribution in [-0.4, -0.2) is 42.3 Å². The summed E-state index contributed by atoms with van der Waals surface area (Å²) in [5.41, 5.74) is 4.48. The van der Waals surface area contributed by atoms with Gasteiger partial charge in [0.1, 0.15) is 12.4 Å². The monoisotopic (exact) mass is 441 g/mol. The van der Waals surface area contributed by atoms with E-state index in [1.807, 2.05) is 22.8 Å². The molecule has 4 rings (SSSR count). The van der Waals surface area contributed by atoms with E-state index in [-0.39, 0.29) is 17.5 Å². The fourth-order valence-electron chi connectivity index (χ4n) is 4.03. The molecule has 0 atom stereocenters. The number of hydrogen-bond acceptors (Lipinski definition) is 5. The van der Waals surface area contributed by atoms with Crippen molar-refractivity contribution in [3.05, 3.63) is 58.9 Å². The van der Waals surface area contributed by atoms with Crippen molar-refractivity contribution in [2.24, 2.45) is 0 Å². The Balaban J connectivity index is 1.60. The van der Waals surface area contributed by atoms with Crippen molar-refractivity contribution >= 4 is 27.0 Å². The molecule has 0 radical (unpaired) electrons. The number of rotatable bonds is 7. The molecular formula is C23H27N3O4S. The maximum Gasteiger partial charge on any atom is 0.338 e. The van der Waals surface area contributed by atoms with Gasteiger partial charge < -0.3 is 9.30 Å². The van der Waals surface area contributed by atoms with Crippen molar-refractivity contribution < 1.29 is 17.9 Å². The first-order chi connectivity index (χ1) is 14.8. The van der Waals surface area contributed by atoms with Crippen LogP contribution < -0.4 is 0 Å². The lowest BCUT2D eigenvalue weighted by Crippen LogP contribution is -2.22. The fraction of sp³-hybridized carbons (Fsp3) is 0.391. The smallest absolute Gasteiger partial charge is 0.338 e. The highest BCUT2D eigenvalue weighted by Gasteiger charge is 2.21. The van der Waals surface area contributed by atoms with Gasteiger partial charge in [-0.2, -0.15) is 0 Å². The van der Waals surface area contributed by atoms with Gasteiger partial charge >= 0.3 is 5.97 Å². The van der Waals surface area contributed by atoms with Crippen molar-refractivity contribution in [3.63, 3.8) is 0 Å². The summed E-state index contributed by atoms with van der Waals surface area (Å²) in [6.45, 7) is 2.78. The predicted octanol–water partition coefficient (Wildman–Crippen LogP) is 3.54. The maximum atomic E-state index is 12.6. The van der Waals surface area contributed by atoms with Gasteiger partial charge in [0, 0.05) is 20.6 Å². The lowest BCUT2D eigenvalue weighted by molar-refractivity contribution is 0.0458. The third-order valence-corrected chi connectivity index (χ3v) is 7.50. The second kappa shape index (κ2) is 8.43. The number of imidazole rings is 1. The second-order valence-electron chi connectivity index (χ2n) is 8.03. The van der Waals surface area contributed by atoms with Gasteiger partial charge in [0.25, 0.3) is 0 Å². The molecule has 1 aliphatic rings. The maximum absolute atomic E-state index is 12.6. The van der Waals surface area contributed by atoms with Gasteiger partial charge in [-0.15, -0.1) is 0 Å². The number of sulfonamides is 1. The first-order valence-electron chi connectivity index (χ1n) is 10.5. The Morgan fingerprint density at radius 2 is 1.90 bits per heavy atom. The normalized spacial score (nSPS) is 13.7. The highest BCUT2D eigenvalue weighted by molar-refractivity contribution is 7.89. The number of benzene rings is 2. The topological polar surface area (TPSA) is 81.5 Å². The lowest BCUT2D eigenvalue weighted by Gasteiger charge is -2.11. The number of ether oxygens (including phenoxy) is 1. The molecule has 0 amide bonds. The van der Waals surface area contributed by atoms with E-state index in [2.05, 4.69) is 11.9 Å². The summed E-state index contributed by atoms with van der Waals surface area (Å²) in [7, 11) is -0.554. The third kappa shape index (κ3) is 4.09. The Bertz CT molecular complexity index is 1250. The van der Waals surface area contributed by atoms with E-state index >= 15 is 0 Å². The van der Waals surface area contributed by atoms with Gasteiger partial charge in [-0.25, -0.2) is 22.5 Å². The van der Waals surface area contributed by atoms with E-state index in [9.17, 15) is 13.2 Å². The SMILES string of the molecule is CCCn1c(COC(=O)c2ccc3c(c2)CCC3)nc2cc(S(=O)(=O)N(C)C)ccc21. The molecule has 0 spiro atoms. The lowest BCUT2D eigenvalue weighted by atomic mass is 10.1. The Morgan fingerprint density at radius 1 is 1.13 bits per heavy atom. The molecule has 0 saturated heterocycles. The quantitative estimate of drug-likeness (QED) is 0.524. The van der Waals surface area contributed by atoms with Crippen LogP contribution in [0.15, 0.2) is 41.3 Å². The van der Waals surface area contributed by atoms with Crippen LogP contribution in [-0.2, 0) is 40.8 Å².